The Hall–Kier alpha value is -1.59. The lowest BCUT2D eigenvalue weighted by Crippen LogP contribution is -2.48. The molecule has 5 heteroatoms. The number of para-hydroxylation sites is 1. The number of fused-ring (bicyclic) bond motifs is 1. The van der Waals surface area contributed by atoms with Crippen LogP contribution in [0.2, 0.25) is 0 Å². The Balaban J connectivity index is 1.33. The summed E-state index contributed by atoms with van der Waals surface area (Å²) in [6.45, 7) is 6.49. The third kappa shape index (κ3) is 3.51. The van der Waals surface area contributed by atoms with E-state index in [9.17, 15) is 0 Å². The summed E-state index contributed by atoms with van der Waals surface area (Å²) in [5.41, 5.74) is 1.37. The van der Waals surface area contributed by atoms with Crippen molar-refractivity contribution in [3.05, 3.63) is 41.4 Å². The average molecular weight is 329 g/mol. The Labute approximate surface area is 141 Å². The monoisotopic (exact) mass is 329 g/mol. The molecule has 0 saturated carbocycles. The number of hydrogen-bond acceptors (Lipinski definition) is 5. The molecule has 23 heavy (non-hydrogen) atoms. The van der Waals surface area contributed by atoms with Crippen LogP contribution in [0.5, 0.6) is 5.75 Å². The highest BCUT2D eigenvalue weighted by atomic mass is 32.1. The first kappa shape index (κ1) is 15.0. The number of nitrogens with zero attached hydrogens (tertiary/aromatic N) is 3. The summed E-state index contributed by atoms with van der Waals surface area (Å²) >= 11 is 1.74. The van der Waals surface area contributed by atoms with Crippen molar-refractivity contribution in [2.24, 2.45) is 5.92 Å². The Morgan fingerprint density at radius 2 is 2.04 bits per heavy atom. The molecule has 0 spiro atoms. The molecule has 0 radical (unpaired) electrons. The van der Waals surface area contributed by atoms with E-state index in [-0.39, 0.29) is 0 Å². The molecule has 1 aromatic carbocycles. The molecule has 122 valence electrons. The van der Waals surface area contributed by atoms with Crippen LogP contribution >= 0.6 is 11.3 Å². The molecule has 3 heterocycles. The van der Waals surface area contributed by atoms with Gasteiger partial charge in [0.15, 0.2) is 5.13 Å². The summed E-state index contributed by atoms with van der Waals surface area (Å²) in [5.74, 6) is 1.79. The van der Waals surface area contributed by atoms with Gasteiger partial charge in [-0.05, 0) is 30.4 Å². The molecule has 0 unspecified atom stereocenters. The number of thiazole rings is 1. The van der Waals surface area contributed by atoms with Crippen LogP contribution in [-0.4, -0.2) is 49.2 Å². The molecule has 2 aromatic rings. The Morgan fingerprint density at radius 1 is 1.17 bits per heavy atom. The fourth-order valence-electron chi connectivity index (χ4n) is 3.58. The second-order valence-corrected chi connectivity index (χ2v) is 7.29. The zero-order chi connectivity index (χ0) is 15.5. The van der Waals surface area contributed by atoms with E-state index in [0.717, 1.165) is 51.4 Å². The third-order valence-electron chi connectivity index (χ3n) is 4.84. The van der Waals surface area contributed by atoms with Crippen molar-refractivity contribution in [2.45, 2.75) is 12.8 Å². The zero-order valence-corrected chi connectivity index (χ0v) is 14.2. The summed E-state index contributed by atoms with van der Waals surface area (Å²) in [6.07, 6.45) is 4.19. The minimum absolute atomic E-state index is 0.699. The maximum atomic E-state index is 5.90. The Kier molecular flexibility index (Phi) is 4.48. The maximum Gasteiger partial charge on any atom is 0.185 e. The highest BCUT2D eigenvalue weighted by Crippen LogP contribution is 2.27. The van der Waals surface area contributed by atoms with E-state index < -0.39 is 0 Å². The minimum Gasteiger partial charge on any atom is -0.493 e. The molecule has 4 rings (SSSR count). The van der Waals surface area contributed by atoms with Crippen LogP contribution in [0, 0.1) is 5.92 Å². The quantitative estimate of drug-likeness (QED) is 0.866. The second-order valence-electron chi connectivity index (χ2n) is 6.42. The van der Waals surface area contributed by atoms with E-state index in [2.05, 4.69) is 44.4 Å². The normalized spacial score (nSPS) is 22.3. The molecule has 4 nitrogen and oxygen atoms in total. The van der Waals surface area contributed by atoms with Gasteiger partial charge in [-0.1, -0.05) is 18.2 Å². The fraction of sp³-hybridized carbons (Fsp3) is 0.500. The van der Waals surface area contributed by atoms with Gasteiger partial charge in [-0.3, -0.25) is 4.90 Å². The predicted molar refractivity (Wildman–Crippen MR) is 94.5 cm³/mol. The van der Waals surface area contributed by atoms with Crippen molar-refractivity contribution in [1.82, 2.24) is 9.88 Å². The Bertz CT molecular complexity index is 623. The molecular formula is C18H23N3OS. The molecule has 2 aliphatic rings. The minimum atomic E-state index is 0.699. The molecular weight excluding hydrogens is 306 g/mol. The summed E-state index contributed by atoms with van der Waals surface area (Å²) in [6, 6.07) is 8.51. The number of hydrogen-bond donors (Lipinski definition) is 0. The van der Waals surface area contributed by atoms with Crippen molar-refractivity contribution in [2.75, 3.05) is 44.2 Å². The molecule has 1 atom stereocenters. The van der Waals surface area contributed by atoms with E-state index >= 15 is 0 Å². The highest BCUT2D eigenvalue weighted by Gasteiger charge is 2.23. The first-order valence-electron chi connectivity index (χ1n) is 8.46. The van der Waals surface area contributed by atoms with Crippen LogP contribution in [0.15, 0.2) is 35.8 Å². The van der Waals surface area contributed by atoms with Crippen LogP contribution in [-0.2, 0) is 6.42 Å². The largest absolute Gasteiger partial charge is 0.493 e. The Morgan fingerprint density at radius 3 is 2.87 bits per heavy atom. The van der Waals surface area contributed by atoms with Gasteiger partial charge >= 0.3 is 0 Å². The summed E-state index contributed by atoms with van der Waals surface area (Å²) in [4.78, 5) is 9.45. The molecule has 0 N–H and O–H groups in total. The number of anilines is 1. The van der Waals surface area contributed by atoms with Gasteiger partial charge in [0.05, 0.1) is 6.61 Å². The number of rotatable bonds is 3. The molecule has 2 aliphatic heterocycles. The molecule has 0 bridgehead atoms. The van der Waals surface area contributed by atoms with Gasteiger partial charge in [-0.2, -0.15) is 0 Å². The number of ether oxygens (including phenoxy) is 1. The zero-order valence-electron chi connectivity index (χ0n) is 13.4. The van der Waals surface area contributed by atoms with Gasteiger partial charge in [-0.15, -0.1) is 11.3 Å². The highest BCUT2D eigenvalue weighted by molar-refractivity contribution is 7.13. The molecule has 1 aromatic heterocycles. The molecule has 0 aliphatic carbocycles. The molecule has 0 amide bonds. The predicted octanol–water partition coefficient (Wildman–Crippen LogP) is 2.91. The maximum absolute atomic E-state index is 5.90. The fourth-order valence-corrected chi connectivity index (χ4v) is 4.27. The van der Waals surface area contributed by atoms with Crippen molar-refractivity contribution >= 4 is 16.5 Å². The SMILES string of the molecule is c1ccc2c(c1)C[C@H](CN1CCN(c3nccs3)CC1)CCO2. The second kappa shape index (κ2) is 6.89. The lowest BCUT2D eigenvalue weighted by Gasteiger charge is -2.36. The van der Waals surface area contributed by atoms with E-state index in [1.165, 1.54) is 17.2 Å². The van der Waals surface area contributed by atoms with E-state index in [1.54, 1.807) is 11.3 Å². The number of benzene rings is 1. The van der Waals surface area contributed by atoms with Gasteiger partial charge in [0, 0.05) is 44.3 Å². The van der Waals surface area contributed by atoms with Crippen LogP contribution in [0.25, 0.3) is 0 Å². The van der Waals surface area contributed by atoms with Crippen LogP contribution in [0.4, 0.5) is 5.13 Å². The lowest BCUT2D eigenvalue weighted by atomic mass is 9.96. The topological polar surface area (TPSA) is 28.6 Å². The lowest BCUT2D eigenvalue weighted by molar-refractivity contribution is 0.201. The summed E-state index contributed by atoms with van der Waals surface area (Å²) < 4.78 is 5.90. The number of piperazine rings is 1. The van der Waals surface area contributed by atoms with Gasteiger partial charge in [0.1, 0.15) is 5.75 Å². The first-order chi connectivity index (χ1) is 11.4. The summed E-state index contributed by atoms with van der Waals surface area (Å²) in [5, 5.41) is 3.23. The van der Waals surface area contributed by atoms with Crippen LogP contribution in [0.1, 0.15) is 12.0 Å². The standard InChI is InChI=1S/C18H23N3OS/c1-2-4-17-16(3-1)13-15(5-11-22-17)14-20-7-9-21(10-8-20)18-19-6-12-23-18/h1-4,6,12,15H,5,7-11,13-14H2/t15-/m1/s1. The third-order valence-corrected chi connectivity index (χ3v) is 5.68. The van der Waals surface area contributed by atoms with Crippen LogP contribution < -0.4 is 9.64 Å². The first-order valence-corrected chi connectivity index (χ1v) is 9.34. The van der Waals surface area contributed by atoms with Gasteiger partial charge in [0.25, 0.3) is 0 Å². The smallest absolute Gasteiger partial charge is 0.185 e. The van der Waals surface area contributed by atoms with Gasteiger partial charge in [0.2, 0.25) is 0 Å². The van der Waals surface area contributed by atoms with E-state index in [1.807, 2.05) is 6.20 Å². The van der Waals surface area contributed by atoms with Crippen molar-refractivity contribution in [3.8, 4) is 5.75 Å². The van der Waals surface area contributed by atoms with Crippen LogP contribution in [0.3, 0.4) is 0 Å². The average Bonchev–Trinajstić information content (AvgIpc) is 3.04. The van der Waals surface area contributed by atoms with E-state index in [0.29, 0.717) is 5.92 Å². The van der Waals surface area contributed by atoms with Gasteiger partial charge in [-0.25, -0.2) is 4.98 Å². The summed E-state index contributed by atoms with van der Waals surface area (Å²) in [7, 11) is 0. The van der Waals surface area contributed by atoms with E-state index in [4.69, 9.17) is 4.74 Å². The van der Waals surface area contributed by atoms with Crippen molar-refractivity contribution < 1.29 is 4.74 Å². The number of aromatic nitrogens is 1. The van der Waals surface area contributed by atoms with Crippen molar-refractivity contribution in [3.63, 3.8) is 0 Å². The molecule has 1 fully saturated rings. The van der Waals surface area contributed by atoms with Gasteiger partial charge < -0.3 is 9.64 Å². The molecule has 1 saturated heterocycles. The van der Waals surface area contributed by atoms with Crippen molar-refractivity contribution in [1.29, 1.82) is 0 Å².